The molecule has 0 spiro atoms. The molecule has 1 unspecified atom stereocenters. The van der Waals surface area contributed by atoms with Gasteiger partial charge in [-0.25, -0.2) is 17.4 Å². The highest BCUT2D eigenvalue weighted by atomic mass is 32.2. The summed E-state index contributed by atoms with van der Waals surface area (Å²) in [5, 5.41) is 0. The predicted octanol–water partition coefficient (Wildman–Crippen LogP) is 2.21. The van der Waals surface area contributed by atoms with Crippen molar-refractivity contribution in [1.29, 1.82) is 0 Å². The first kappa shape index (κ1) is 17.9. The molecule has 0 aliphatic carbocycles. The van der Waals surface area contributed by atoms with Gasteiger partial charge in [-0.3, -0.25) is 19.5 Å². The van der Waals surface area contributed by atoms with Crippen LogP contribution in [-0.2, 0) is 20.1 Å². The van der Waals surface area contributed by atoms with Crippen LogP contribution in [0.2, 0.25) is 0 Å². The van der Waals surface area contributed by atoms with E-state index in [1.54, 1.807) is 6.92 Å². The number of hydroxylamine groups is 1. The molecule has 1 aromatic carbocycles. The van der Waals surface area contributed by atoms with Gasteiger partial charge in [-0.05, 0) is 0 Å². The van der Waals surface area contributed by atoms with Crippen LogP contribution in [0.3, 0.4) is 0 Å². The quantitative estimate of drug-likeness (QED) is 0.605. The Morgan fingerprint density at radius 2 is 2.00 bits per heavy atom. The minimum Gasteiger partial charge on any atom is -0.288 e. The van der Waals surface area contributed by atoms with Crippen molar-refractivity contribution in [3.8, 4) is 0 Å². The van der Waals surface area contributed by atoms with Gasteiger partial charge >= 0.3 is 0 Å². The Bertz CT molecular complexity index is 590. The first-order chi connectivity index (χ1) is 11.0. The van der Waals surface area contributed by atoms with Crippen molar-refractivity contribution in [3.63, 3.8) is 0 Å². The number of benzene rings is 1. The lowest BCUT2D eigenvalue weighted by atomic mass is 9.96. The zero-order valence-corrected chi connectivity index (χ0v) is 13.3. The Balaban J connectivity index is 1.79. The molecule has 2 atom stereocenters. The average Bonchev–Trinajstić information content (AvgIpc) is 2.94. The molecule has 2 rings (SSSR count). The van der Waals surface area contributed by atoms with Crippen LogP contribution in [0.4, 0.5) is 13.2 Å². The van der Waals surface area contributed by atoms with Gasteiger partial charge < -0.3 is 0 Å². The summed E-state index contributed by atoms with van der Waals surface area (Å²) in [5.74, 6) is -2.45. The van der Waals surface area contributed by atoms with Gasteiger partial charge in [-0.1, -0.05) is 6.92 Å². The third kappa shape index (κ3) is 5.02. The smallest absolute Gasteiger partial charge is 0.155 e. The molecular formula is C14H17F3N2O3S. The van der Waals surface area contributed by atoms with E-state index in [0.717, 1.165) is 0 Å². The summed E-state index contributed by atoms with van der Waals surface area (Å²) in [5.41, 5.74) is 2.40. The summed E-state index contributed by atoms with van der Waals surface area (Å²) in [7, 11) is 0. The van der Waals surface area contributed by atoms with Crippen LogP contribution in [0.5, 0.6) is 0 Å². The predicted molar refractivity (Wildman–Crippen MR) is 79.7 cm³/mol. The summed E-state index contributed by atoms with van der Waals surface area (Å²) >= 11 is -1.32. The van der Waals surface area contributed by atoms with E-state index in [2.05, 4.69) is 10.5 Å². The number of nitrogens with one attached hydrogen (secondary N) is 1. The summed E-state index contributed by atoms with van der Waals surface area (Å²) in [6, 6.07) is 1.32. The number of nitrogens with zero attached hydrogens (tertiary/aromatic N) is 1. The average molecular weight is 350 g/mol. The Labute approximate surface area is 134 Å². The number of hydrogen-bond acceptors (Lipinski definition) is 5. The lowest BCUT2D eigenvalue weighted by Gasteiger charge is -2.12. The van der Waals surface area contributed by atoms with Crippen LogP contribution in [0.1, 0.15) is 24.8 Å². The Kier molecular flexibility index (Phi) is 6.55. The normalized spacial score (nSPS) is 18.8. The molecule has 0 amide bonds. The largest absolute Gasteiger partial charge is 0.288 e. The highest BCUT2D eigenvalue weighted by Gasteiger charge is 2.27. The highest BCUT2D eigenvalue weighted by molar-refractivity contribution is 7.80. The second-order valence-electron chi connectivity index (χ2n) is 4.84. The molecule has 1 aromatic rings. The second-order valence-corrected chi connectivity index (χ2v) is 6.26. The molecule has 0 fully saturated rings. The molecule has 0 saturated carbocycles. The molecule has 23 heavy (non-hydrogen) atoms. The second kappa shape index (κ2) is 8.42. The maximum absolute atomic E-state index is 13.7. The highest BCUT2D eigenvalue weighted by Crippen LogP contribution is 2.30. The van der Waals surface area contributed by atoms with Crippen molar-refractivity contribution in [1.82, 2.24) is 5.48 Å². The molecule has 1 N–H and O–H groups in total. The van der Waals surface area contributed by atoms with Gasteiger partial charge in [-0.2, -0.15) is 0 Å². The zero-order chi connectivity index (χ0) is 16.8. The van der Waals surface area contributed by atoms with Gasteiger partial charge in [0.1, 0.15) is 23.3 Å². The molecule has 1 heterocycles. The monoisotopic (exact) mass is 350 g/mol. The third-order valence-electron chi connectivity index (χ3n) is 3.22. The number of rotatable bonds is 7. The Morgan fingerprint density at radius 3 is 2.65 bits per heavy atom. The van der Waals surface area contributed by atoms with Crippen LogP contribution >= 0.6 is 0 Å². The SMILES string of the molecule is CCS(=O)OCCONC1=NC[C@@H](c2c(F)cc(F)cc2F)C1. The van der Waals surface area contributed by atoms with Gasteiger partial charge in [0.25, 0.3) is 0 Å². The maximum Gasteiger partial charge on any atom is 0.155 e. The van der Waals surface area contributed by atoms with Gasteiger partial charge in [0.15, 0.2) is 11.1 Å². The fourth-order valence-corrected chi connectivity index (χ4v) is 2.60. The van der Waals surface area contributed by atoms with Crippen LogP contribution in [0.15, 0.2) is 17.1 Å². The van der Waals surface area contributed by atoms with E-state index in [4.69, 9.17) is 9.02 Å². The van der Waals surface area contributed by atoms with Gasteiger partial charge in [0.05, 0.1) is 13.2 Å². The molecule has 1 aliphatic rings. The van der Waals surface area contributed by atoms with E-state index in [-0.39, 0.29) is 31.7 Å². The summed E-state index contributed by atoms with van der Waals surface area (Å²) in [4.78, 5) is 9.19. The van der Waals surface area contributed by atoms with Crippen molar-refractivity contribution in [2.45, 2.75) is 19.3 Å². The number of aliphatic imine (C=N–C) groups is 1. The minimum atomic E-state index is -1.32. The number of hydrogen-bond donors (Lipinski definition) is 1. The van der Waals surface area contributed by atoms with E-state index < -0.39 is 34.5 Å². The van der Waals surface area contributed by atoms with E-state index in [1.165, 1.54) is 0 Å². The van der Waals surface area contributed by atoms with Crippen molar-refractivity contribution in [2.75, 3.05) is 25.5 Å². The van der Waals surface area contributed by atoms with Crippen LogP contribution in [0, 0.1) is 17.5 Å². The van der Waals surface area contributed by atoms with E-state index >= 15 is 0 Å². The molecule has 1 aliphatic heterocycles. The summed E-state index contributed by atoms with van der Waals surface area (Å²) in [6.45, 7) is 2.21. The van der Waals surface area contributed by atoms with Gasteiger partial charge in [0.2, 0.25) is 0 Å². The third-order valence-corrected chi connectivity index (χ3v) is 4.12. The number of halogens is 3. The van der Waals surface area contributed by atoms with Crippen LogP contribution < -0.4 is 5.48 Å². The van der Waals surface area contributed by atoms with E-state index in [9.17, 15) is 17.4 Å². The molecular weight excluding hydrogens is 333 g/mol. The van der Waals surface area contributed by atoms with Crippen LogP contribution in [0.25, 0.3) is 0 Å². The molecule has 0 saturated heterocycles. The zero-order valence-electron chi connectivity index (χ0n) is 12.5. The first-order valence-corrected chi connectivity index (χ1v) is 8.32. The first-order valence-electron chi connectivity index (χ1n) is 7.08. The minimum absolute atomic E-state index is 0.144. The molecule has 5 nitrogen and oxygen atoms in total. The topological polar surface area (TPSA) is 59.9 Å². The standard InChI is InChI=1S/C14H17F3N2O3S/c1-2-23(20)22-4-3-21-19-13-5-9(8-18-13)14-11(16)6-10(15)7-12(14)17/h6-7,9H,2-5,8H2,1H3,(H,18,19)/t9-,23?/m0/s1. The fourth-order valence-electron chi connectivity index (χ4n) is 2.18. The summed E-state index contributed by atoms with van der Waals surface area (Å²) in [6.07, 6.45) is 0.251. The lowest BCUT2D eigenvalue weighted by Crippen LogP contribution is -2.25. The van der Waals surface area contributed by atoms with E-state index in [1.807, 2.05) is 0 Å². The van der Waals surface area contributed by atoms with E-state index in [0.29, 0.717) is 23.7 Å². The number of amidine groups is 1. The molecule has 0 radical (unpaired) electrons. The molecule has 0 aromatic heterocycles. The lowest BCUT2D eigenvalue weighted by molar-refractivity contribution is 0.0618. The maximum atomic E-state index is 13.7. The molecule has 9 heteroatoms. The van der Waals surface area contributed by atoms with Crippen molar-refractivity contribution >= 4 is 16.9 Å². The molecule has 0 bridgehead atoms. The Morgan fingerprint density at radius 1 is 1.30 bits per heavy atom. The van der Waals surface area contributed by atoms with Gasteiger partial charge in [0, 0.05) is 42.3 Å². The van der Waals surface area contributed by atoms with Crippen molar-refractivity contribution in [2.24, 2.45) is 4.99 Å². The van der Waals surface area contributed by atoms with Crippen molar-refractivity contribution in [3.05, 3.63) is 35.1 Å². The van der Waals surface area contributed by atoms with Crippen molar-refractivity contribution < 1.29 is 26.4 Å². The van der Waals surface area contributed by atoms with Crippen LogP contribution in [-0.4, -0.2) is 35.6 Å². The fraction of sp³-hybridized carbons (Fsp3) is 0.500. The Hall–Kier alpha value is -1.45. The molecule has 128 valence electrons. The van der Waals surface area contributed by atoms with Gasteiger partial charge in [-0.15, -0.1) is 0 Å². The summed E-state index contributed by atoms with van der Waals surface area (Å²) < 4.78 is 56.3.